The van der Waals surface area contributed by atoms with Gasteiger partial charge in [0.15, 0.2) is 6.10 Å². The van der Waals surface area contributed by atoms with E-state index in [9.17, 15) is 28.8 Å². The van der Waals surface area contributed by atoms with Crippen LogP contribution in [0, 0.1) is 28.6 Å². The molecule has 3 aliphatic heterocycles. The number of esters is 5. The van der Waals surface area contributed by atoms with E-state index >= 15 is 0 Å². The van der Waals surface area contributed by atoms with Crippen molar-refractivity contribution in [3.8, 4) is 0 Å². The first-order valence-corrected chi connectivity index (χ1v) is 11.8. The van der Waals surface area contributed by atoms with Crippen molar-refractivity contribution in [3.63, 3.8) is 0 Å². The summed E-state index contributed by atoms with van der Waals surface area (Å²) >= 11 is 0. The second-order valence-electron chi connectivity index (χ2n) is 10.7. The molecule has 3 saturated heterocycles. The first-order chi connectivity index (χ1) is 16.8. The Morgan fingerprint density at radius 2 is 1.64 bits per heavy atom. The van der Waals surface area contributed by atoms with Crippen molar-refractivity contribution in [2.45, 2.75) is 70.6 Å². The molecular weight excluding hydrogens is 480 g/mol. The van der Waals surface area contributed by atoms with Crippen molar-refractivity contribution in [1.29, 1.82) is 0 Å². The highest BCUT2D eigenvalue weighted by atomic mass is 16.6. The molecule has 1 spiro atoms. The SMILES string of the molecule is COC(=O)[C@]12OC[C@]34[C@@H]5[C@@H](OC(=O)C[C@@]5(C)[C@H](C(C)=O)C[C@H]3OC(=O)[C@H](OC(C)=O)[C@@H]14)[C@@H]2OC(C)=O. The highest BCUT2D eigenvalue weighted by Crippen LogP contribution is 2.73. The molecule has 5 rings (SSSR count). The molecule has 0 radical (unpaired) electrons. The third kappa shape index (κ3) is 2.84. The first kappa shape index (κ1) is 24.7. The second-order valence-corrected chi connectivity index (χ2v) is 10.7. The van der Waals surface area contributed by atoms with Crippen LogP contribution < -0.4 is 0 Å². The third-order valence-electron chi connectivity index (χ3n) is 8.95. The zero-order valence-corrected chi connectivity index (χ0v) is 20.6. The van der Waals surface area contributed by atoms with Crippen molar-refractivity contribution in [2.24, 2.45) is 28.6 Å². The fourth-order valence-corrected chi connectivity index (χ4v) is 8.09. The molecule has 0 aromatic rings. The summed E-state index contributed by atoms with van der Waals surface area (Å²) in [5.74, 6) is -6.94. The molecule has 12 nitrogen and oxygen atoms in total. The minimum absolute atomic E-state index is 0.0796. The summed E-state index contributed by atoms with van der Waals surface area (Å²) in [4.78, 5) is 76.9. The topological polar surface area (TPSA) is 158 Å². The Morgan fingerprint density at radius 1 is 0.972 bits per heavy atom. The van der Waals surface area contributed by atoms with Gasteiger partial charge >= 0.3 is 29.8 Å². The van der Waals surface area contributed by atoms with Crippen molar-refractivity contribution < 1.29 is 57.2 Å². The number of Topliss-reactive ketones (excluding diaryl/α,β-unsaturated/α-hetero) is 1. The van der Waals surface area contributed by atoms with E-state index in [2.05, 4.69) is 0 Å². The van der Waals surface area contributed by atoms with Crippen molar-refractivity contribution in [2.75, 3.05) is 13.7 Å². The third-order valence-corrected chi connectivity index (χ3v) is 8.95. The van der Waals surface area contributed by atoms with E-state index in [1.807, 2.05) is 0 Å². The summed E-state index contributed by atoms with van der Waals surface area (Å²) in [6.07, 6.45) is -5.29. The normalized spacial score (nSPS) is 46.0. The van der Waals surface area contributed by atoms with Gasteiger partial charge in [-0.15, -0.1) is 0 Å². The van der Waals surface area contributed by atoms with Gasteiger partial charge < -0.3 is 28.4 Å². The van der Waals surface area contributed by atoms with Crippen LogP contribution in [0.5, 0.6) is 0 Å². The zero-order chi connectivity index (χ0) is 26.4. The van der Waals surface area contributed by atoms with Gasteiger partial charge in [-0.1, -0.05) is 6.92 Å². The number of hydrogen-bond donors (Lipinski definition) is 0. The van der Waals surface area contributed by atoms with Crippen molar-refractivity contribution >= 4 is 35.6 Å². The van der Waals surface area contributed by atoms with E-state index in [4.69, 9.17) is 28.4 Å². The zero-order valence-electron chi connectivity index (χ0n) is 20.6. The van der Waals surface area contributed by atoms with E-state index in [0.29, 0.717) is 0 Å². The lowest BCUT2D eigenvalue weighted by Crippen LogP contribution is -2.81. The summed E-state index contributed by atoms with van der Waals surface area (Å²) < 4.78 is 33.9. The predicted molar refractivity (Wildman–Crippen MR) is 112 cm³/mol. The molecule has 0 aromatic heterocycles. The van der Waals surface area contributed by atoms with Gasteiger partial charge in [0, 0.05) is 31.1 Å². The van der Waals surface area contributed by atoms with Gasteiger partial charge in [0.25, 0.3) is 0 Å². The van der Waals surface area contributed by atoms with Crippen LogP contribution in [0.25, 0.3) is 0 Å². The molecule has 2 saturated carbocycles. The van der Waals surface area contributed by atoms with E-state index in [-0.39, 0.29) is 25.2 Å². The average Bonchev–Trinajstić information content (AvgIpc) is 3.06. The van der Waals surface area contributed by atoms with Gasteiger partial charge in [-0.05, 0) is 18.8 Å². The van der Waals surface area contributed by atoms with E-state index < -0.39 is 88.4 Å². The van der Waals surface area contributed by atoms with Crippen LogP contribution in [0.2, 0.25) is 0 Å². The molecule has 2 bridgehead atoms. The molecule has 36 heavy (non-hydrogen) atoms. The van der Waals surface area contributed by atoms with Crippen molar-refractivity contribution in [3.05, 3.63) is 0 Å². The van der Waals surface area contributed by atoms with Crippen LogP contribution in [-0.4, -0.2) is 79.4 Å². The molecule has 0 aromatic carbocycles. The second kappa shape index (κ2) is 7.74. The Morgan fingerprint density at radius 3 is 2.22 bits per heavy atom. The maximum Gasteiger partial charge on any atom is 0.348 e. The fourth-order valence-electron chi connectivity index (χ4n) is 8.09. The monoisotopic (exact) mass is 508 g/mol. The first-order valence-electron chi connectivity index (χ1n) is 11.8. The molecule has 10 atom stereocenters. The van der Waals surface area contributed by atoms with Gasteiger partial charge in [0.05, 0.1) is 26.1 Å². The Labute approximate surface area is 206 Å². The number of carbonyl (C=O) groups is 6. The van der Waals surface area contributed by atoms with Crippen LogP contribution in [0.3, 0.4) is 0 Å². The molecule has 12 heteroatoms. The lowest BCUT2D eigenvalue weighted by Gasteiger charge is -2.67. The quantitative estimate of drug-likeness (QED) is 0.367. The molecule has 0 N–H and O–H groups in total. The highest BCUT2D eigenvalue weighted by molar-refractivity contribution is 5.89. The molecule has 3 heterocycles. The van der Waals surface area contributed by atoms with Gasteiger partial charge in [-0.2, -0.15) is 0 Å². The van der Waals surface area contributed by atoms with Gasteiger partial charge in [-0.3, -0.25) is 19.2 Å². The van der Waals surface area contributed by atoms with Gasteiger partial charge in [0.1, 0.15) is 18.0 Å². The minimum atomic E-state index is -2.14. The largest absolute Gasteiger partial charge is 0.467 e. The number of carbonyl (C=O) groups excluding carboxylic acids is 6. The van der Waals surface area contributed by atoms with Crippen LogP contribution >= 0.6 is 0 Å². The number of ether oxygens (including phenoxy) is 6. The Kier molecular flexibility index (Phi) is 5.30. The number of methoxy groups -OCH3 is 1. The molecule has 5 aliphatic rings. The molecule has 2 aliphatic carbocycles. The highest BCUT2D eigenvalue weighted by Gasteiger charge is 2.87. The summed E-state index contributed by atoms with van der Waals surface area (Å²) in [5.41, 5.74) is -4.36. The Hall–Kier alpha value is -3.02. The lowest BCUT2D eigenvalue weighted by molar-refractivity contribution is -0.305. The maximum atomic E-state index is 13.5. The maximum absolute atomic E-state index is 13.5. The molecule has 196 valence electrons. The average molecular weight is 508 g/mol. The van der Waals surface area contributed by atoms with Crippen LogP contribution in [0.1, 0.15) is 40.5 Å². The Balaban J connectivity index is 1.83. The van der Waals surface area contributed by atoms with Gasteiger partial charge in [-0.25, -0.2) is 9.59 Å². The summed E-state index contributed by atoms with van der Waals surface area (Å²) in [6.45, 7) is 5.25. The molecule has 0 unspecified atom stereocenters. The lowest BCUT2D eigenvalue weighted by atomic mass is 9.38. The van der Waals surface area contributed by atoms with Crippen molar-refractivity contribution in [1.82, 2.24) is 0 Å². The smallest absolute Gasteiger partial charge is 0.348 e. The van der Waals surface area contributed by atoms with Gasteiger partial charge in [0.2, 0.25) is 11.7 Å². The summed E-state index contributed by atoms with van der Waals surface area (Å²) in [5, 5.41) is 0. The number of hydrogen-bond acceptors (Lipinski definition) is 12. The molecule has 5 fully saturated rings. The van der Waals surface area contributed by atoms with E-state index in [1.165, 1.54) is 6.92 Å². The molecular formula is C24H28O12. The summed E-state index contributed by atoms with van der Waals surface area (Å²) in [7, 11) is 1.10. The minimum Gasteiger partial charge on any atom is -0.467 e. The van der Waals surface area contributed by atoms with Crippen LogP contribution in [0.15, 0.2) is 0 Å². The van der Waals surface area contributed by atoms with E-state index in [1.54, 1.807) is 6.92 Å². The van der Waals surface area contributed by atoms with E-state index in [0.717, 1.165) is 21.0 Å². The Bertz CT molecular complexity index is 1080. The fraction of sp³-hybridized carbons (Fsp3) is 0.750. The number of rotatable bonds is 4. The molecule has 0 amide bonds. The van der Waals surface area contributed by atoms with Crippen LogP contribution in [-0.2, 0) is 57.2 Å². The van der Waals surface area contributed by atoms with Crippen LogP contribution in [0.4, 0.5) is 0 Å². The number of ketones is 1. The standard InChI is InChI=1S/C24H28O12/c1-9(25)12-6-13-23-8-32-24(21(30)31-5,18(23)16(20(29)35-13)33-10(2)26)19(34-11(3)27)15-17(23)22(12,4)7-14(28)36-15/h12-13,15-19H,6-8H2,1-5H3/t12-,13+,15+,16+,17+,18+,19-,22-,23+,24-/m0/s1. The predicted octanol–water partition coefficient (Wildman–Crippen LogP) is -0.120. The summed E-state index contributed by atoms with van der Waals surface area (Å²) in [6, 6.07) is 0.